The van der Waals surface area contributed by atoms with Gasteiger partial charge in [0.2, 0.25) is 0 Å². The topological polar surface area (TPSA) is 71.2 Å². The van der Waals surface area contributed by atoms with Gasteiger partial charge >= 0.3 is 6.03 Å². The predicted molar refractivity (Wildman–Crippen MR) is 60.8 cm³/mol. The summed E-state index contributed by atoms with van der Waals surface area (Å²) in [5.74, 6) is 0. The first-order chi connectivity index (χ1) is 7.81. The van der Waals surface area contributed by atoms with Gasteiger partial charge in [-0.1, -0.05) is 0 Å². The lowest BCUT2D eigenvalue weighted by molar-refractivity contribution is 0.217. The molecule has 0 radical (unpaired) electrons. The molecule has 0 saturated carbocycles. The van der Waals surface area contributed by atoms with Crippen molar-refractivity contribution in [2.24, 2.45) is 5.73 Å². The quantitative estimate of drug-likeness (QED) is 0.776. The van der Waals surface area contributed by atoms with Crippen LogP contribution in [0.4, 0.5) is 4.79 Å². The number of nitrogens with one attached hydrogen (secondary N) is 1. The number of carbonyl (C=O) groups is 1. The van der Waals surface area contributed by atoms with E-state index in [0.717, 1.165) is 18.5 Å². The van der Waals surface area contributed by atoms with Crippen molar-refractivity contribution in [3.05, 3.63) is 30.1 Å². The second-order valence-electron chi connectivity index (χ2n) is 3.87. The highest BCUT2D eigenvalue weighted by Crippen LogP contribution is 2.19. The molecule has 0 aliphatic carbocycles. The SMILES string of the molecule is NCCCN1CC(c2ccncc2)NC1=O. The summed E-state index contributed by atoms with van der Waals surface area (Å²) in [6.45, 7) is 2.05. The number of nitrogens with two attached hydrogens (primary N) is 1. The summed E-state index contributed by atoms with van der Waals surface area (Å²) in [6.07, 6.45) is 4.32. The van der Waals surface area contributed by atoms with Crippen molar-refractivity contribution in [3.63, 3.8) is 0 Å². The van der Waals surface area contributed by atoms with Crippen LogP contribution in [-0.4, -0.2) is 35.5 Å². The smallest absolute Gasteiger partial charge is 0.318 e. The second kappa shape index (κ2) is 4.94. The maximum absolute atomic E-state index is 11.6. The van der Waals surface area contributed by atoms with Crippen LogP contribution in [0, 0.1) is 0 Å². The van der Waals surface area contributed by atoms with Crippen LogP contribution in [0.3, 0.4) is 0 Å². The van der Waals surface area contributed by atoms with Crippen LogP contribution >= 0.6 is 0 Å². The Morgan fingerprint density at radius 2 is 2.25 bits per heavy atom. The molecule has 16 heavy (non-hydrogen) atoms. The number of nitrogens with zero attached hydrogens (tertiary/aromatic N) is 2. The molecule has 5 nitrogen and oxygen atoms in total. The van der Waals surface area contributed by atoms with Gasteiger partial charge in [0, 0.05) is 25.5 Å². The zero-order valence-corrected chi connectivity index (χ0v) is 9.10. The molecule has 5 heteroatoms. The molecule has 1 saturated heterocycles. The van der Waals surface area contributed by atoms with Crippen molar-refractivity contribution < 1.29 is 4.79 Å². The highest BCUT2D eigenvalue weighted by molar-refractivity contribution is 5.77. The van der Waals surface area contributed by atoms with Gasteiger partial charge in [-0.3, -0.25) is 4.98 Å². The predicted octanol–water partition coefficient (Wildman–Crippen LogP) is 0.497. The van der Waals surface area contributed by atoms with Crippen molar-refractivity contribution in [3.8, 4) is 0 Å². The number of amides is 2. The summed E-state index contributed by atoms with van der Waals surface area (Å²) < 4.78 is 0. The molecule has 1 fully saturated rings. The number of aromatic nitrogens is 1. The number of pyridine rings is 1. The minimum atomic E-state index is -0.00439. The first-order valence-corrected chi connectivity index (χ1v) is 5.46. The standard InChI is InChI=1S/C11H16N4O/c12-4-1-7-15-8-10(14-11(15)16)9-2-5-13-6-3-9/h2-3,5-6,10H,1,4,7-8,12H2,(H,14,16). The van der Waals surface area contributed by atoms with E-state index in [2.05, 4.69) is 10.3 Å². The van der Waals surface area contributed by atoms with E-state index in [1.165, 1.54) is 0 Å². The molecule has 2 rings (SSSR count). The summed E-state index contributed by atoms with van der Waals surface area (Å²) in [4.78, 5) is 17.4. The van der Waals surface area contributed by atoms with Gasteiger partial charge in [-0.15, -0.1) is 0 Å². The molecule has 0 spiro atoms. The summed E-state index contributed by atoms with van der Waals surface area (Å²) in [7, 11) is 0. The van der Waals surface area contributed by atoms with Gasteiger partial charge in [0.1, 0.15) is 0 Å². The van der Waals surface area contributed by atoms with Gasteiger partial charge in [0.15, 0.2) is 0 Å². The maximum Gasteiger partial charge on any atom is 0.318 e. The average molecular weight is 220 g/mol. The second-order valence-corrected chi connectivity index (χ2v) is 3.87. The lowest BCUT2D eigenvalue weighted by Crippen LogP contribution is -2.30. The van der Waals surface area contributed by atoms with Gasteiger partial charge < -0.3 is 16.0 Å². The van der Waals surface area contributed by atoms with Crippen LogP contribution in [0.15, 0.2) is 24.5 Å². The maximum atomic E-state index is 11.6. The van der Waals surface area contributed by atoms with Crippen molar-refractivity contribution in [2.45, 2.75) is 12.5 Å². The monoisotopic (exact) mass is 220 g/mol. The Hall–Kier alpha value is -1.62. The van der Waals surface area contributed by atoms with Crippen molar-refractivity contribution >= 4 is 6.03 Å². The molecule has 0 bridgehead atoms. The van der Waals surface area contributed by atoms with E-state index < -0.39 is 0 Å². The Balaban J connectivity index is 1.98. The Kier molecular flexibility index (Phi) is 3.36. The van der Waals surface area contributed by atoms with Gasteiger partial charge in [0.05, 0.1) is 6.04 Å². The van der Waals surface area contributed by atoms with Gasteiger partial charge in [0.25, 0.3) is 0 Å². The first-order valence-electron chi connectivity index (χ1n) is 5.46. The Morgan fingerprint density at radius 1 is 1.50 bits per heavy atom. The minimum Gasteiger partial charge on any atom is -0.330 e. The molecule has 86 valence electrons. The fourth-order valence-electron chi connectivity index (χ4n) is 1.85. The fraction of sp³-hybridized carbons (Fsp3) is 0.455. The normalized spacial score (nSPS) is 19.9. The van der Waals surface area contributed by atoms with Crippen molar-refractivity contribution in [1.82, 2.24) is 15.2 Å². The van der Waals surface area contributed by atoms with E-state index in [9.17, 15) is 4.79 Å². The molecule has 1 atom stereocenters. The van der Waals surface area contributed by atoms with Crippen LogP contribution in [-0.2, 0) is 0 Å². The Bertz CT molecular complexity index is 354. The Labute approximate surface area is 94.6 Å². The number of hydrogen-bond donors (Lipinski definition) is 2. The third-order valence-electron chi connectivity index (χ3n) is 2.73. The van der Waals surface area contributed by atoms with Crippen LogP contribution < -0.4 is 11.1 Å². The Morgan fingerprint density at radius 3 is 2.94 bits per heavy atom. The summed E-state index contributed by atoms with van der Waals surface area (Å²) >= 11 is 0. The summed E-state index contributed by atoms with van der Waals surface area (Å²) in [5, 5.41) is 2.95. The molecular formula is C11H16N4O. The van der Waals surface area contributed by atoms with E-state index in [1.54, 1.807) is 17.3 Å². The van der Waals surface area contributed by atoms with Crippen LogP contribution in [0.1, 0.15) is 18.0 Å². The van der Waals surface area contributed by atoms with Crippen LogP contribution in [0.5, 0.6) is 0 Å². The third kappa shape index (κ3) is 2.30. The fourth-order valence-corrected chi connectivity index (χ4v) is 1.85. The van der Waals surface area contributed by atoms with Crippen LogP contribution in [0.25, 0.3) is 0 Å². The van der Waals surface area contributed by atoms with Gasteiger partial charge in [-0.05, 0) is 30.7 Å². The number of carbonyl (C=O) groups excluding carboxylic acids is 1. The molecule has 1 unspecified atom stereocenters. The molecule has 3 N–H and O–H groups in total. The van der Waals surface area contributed by atoms with E-state index >= 15 is 0 Å². The summed E-state index contributed by atoms with van der Waals surface area (Å²) in [6, 6.07) is 3.93. The highest BCUT2D eigenvalue weighted by Gasteiger charge is 2.28. The van der Waals surface area contributed by atoms with Gasteiger partial charge in [-0.2, -0.15) is 0 Å². The lowest BCUT2D eigenvalue weighted by Gasteiger charge is -2.13. The summed E-state index contributed by atoms with van der Waals surface area (Å²) in [5.41, 5.74) is 6.53. The zero-order chi connectivity index (χ0) is 11.4. The number of hydrogen-bond acceptors (Lipinski definition) is 3. The molecular weight excluding hydrogens is 204 g/mol. The first kappa shape index (κ1) is 10.9. The average Bonchev–Trinajstić information content (AvgIpc) is 2.69. The van der Waals surface area contributed by atoms with E-state index in [4.69, 9.17) is 5.73 Å². The van der Waals surface area contributed by atoms with E-state index in [0.29, 0.717) is 13.1 Å². The van der Waals surface area contributed by atoms with Crippen molar-refractivity contribution in [1.29, 1.82) is 0 Å². The largest absolute Gasteiger partial charge is 0.330 e. The highest BCUT2D eigenvalue weighted by atomic mass is 16.2. The van der Waals surface area contributed by atoms with Crippen LogP contribution in [0.2, 0.25) is 0 Å². The molecule has 1 aliphatic heterocycles. The molecule has 0 aromatic carbocycles. The third-order valence-corrected chi connectivity index (χ3v) is 2.73. The molecule has 1 aromatic heterocycles. The number of urea groups is 1. The van der Waals surface area contributed by atoms with E-state index in [-0.39, 0.29) is 12.1 Å². The molecule has 2 heterocycles. The molecule has 2 amide bonds. The van der Waals surface area contributed by atoms with E-state index in [1.807, 2.05) is 12.1 Å². The van der Waals surface area contributed by atoms with Gasteiger partial charge in [-0.25, -0.2) is 4.79 Å². The molecule has 1 aromatic rings. The molecule has 1 aliphatic rings. The number of rotatable bonds is 4. The lowest BCUT2D eigenvalue weighted by atomic mass is 10.1. The van der Waals surface area contributed by atoms with Crippen molar-refractivity contribution in [2.75, 3.05) is 19.6 Å². The zero-order valence-electron chi connectivity index (χ0n) is 9.10. The minimum absolute atomic E-state index is 0.00439.